The van der Waals surface area contributed by atoms with E-state index in [9.17, 15) is 0 Å². The molecule has 0 bridgehead atoms. The van der Waals surface area contributed by atoms with Crippen LogP contribution < -0.4 is 4.90 Å². The monoisotopic (exact) mass is 241 g/mol. The minimum absolute atomic E-state index is 0.942. The molecule has 2 aromatic rings. The molecule has 2 heteroatoms. The molecule has 0 spiro atoms. The molecule has 18 heavy (non-hydrogen) atoms. The van der Waals surface area contributed by atoms with E-state index in [4.69, 9.17) is 4.42 Å². The molecular weight excluding hydrogens is 222 g/mol. The third-order valence-corrected chi connectivity index (χ3v) is 3.64. The summed E-state index contributed by atoms with van der Waals surface area (Å²) in [7, 11) is 0. The molecule has 1 aliphatic heterocycles. The number of hydrogen-bond acceptors (Lipinski definition) is 2. The van der Waals surface area contributed by atoms with Gasteiger partial charge in [0, 0.05) is 24.3 Å². The highest BCUT2D eigenvalue weighted by molar-refractivity contribution is 5.61. The summed E-state index contributed by atoms with van der Waals surface area (Å²) in [5, 5.41) is 0. The van der Waals surface area contributed by atoms with Crippen molar-refractivity contribution in [1.29, 1.82) is 0 Å². The van der Waals surface area contributed by atoms with Crippen LogP contribution in [0.5, 0.6) is 0 Å². The molecular formula is C16H19NO. The van der Waals surface area contributed by atoms with Crippen LogP contribution in [-0.4, -0.2) is 13.1 Å². The normalized spacial score (nSPS) is 16.6. The minimum Gasteiger partial charge on any atom is -0.464 e. The Morgan fingerprint density at radius 2 is 1.56 bits per heavy atom. The quantitative estimate of drug-likeness (QED) is 0.778. The molecule has 1 aromatic heterocycles. The summed E-state index contributed by atoms with van der Waals surface area (Å²) in [6.07, 6.45) is 7.11. The molecule has 1 aliphatic rings. The van der Waals surface area contributed by atoms with Crippen molar-refractivity contribution in [1.82, 2.24) is 0 Å². The Labute approximate surface area is 108 Å². The number of rotatable bonds is 2. The van der Waals surface area contributed by atoms with Gasteiger partial charge < -0.3 is 9.32 Å². The van der Waals surface area contributed by atoms with Crippen molar-refractivity contribution in [2.24, 2.45) is 0 Å². The number of benzene rings is 1. The van der Waals surface area contributed by atoms with Crippen molar-refractivity contribution in [2.45, 2.75) is 25.7 Å². The Morgan fingerprint density at radius 3 is 2.17 bits per heavy atom. The van der Waals surface area contributed by atoms with E-state index in [0.717, 1.165) is 11.3 Å². The van der Waals surface area contributed by atoms with Crippen LogP contribution in [0.2, 0.25) is 0 Å². The summed E-state index contributed by atoms with van der Waals surface area (Å²) in [6.45, 7) is 2.39. The highest BCUT2D eigenvalue weighted by Gasteiger charge is 2.10. The van der Waals surface area contributed by atoms with E-state index in [1.807, 2.05) is 12.1 Å². The van der Waals surface area contributed by atoms with Gasteiger partial charge >= 0.3 is 0 Å². The Hall–Kier alpha value is -1.70. The van der Waals surface area contributed by atoms with Gasteiger partial charge in [0.2, 0.25) is 0 Å². The summed E-state index contributed by atoms with van der Waals surface area (Å²) in [5.74, 6) is 0.942. The fourth-order valence-electron chi connectivity index (χ4n) is 2.61. The van der Waals surface area contributed by atoms with Crippen LogP contribution in [0, 0.1) is 0 Å². The molecule has 0 radical (unpaired) electrons. The molecule has 2 nitrogen and oxygen atoms in total. The van der Waals surface area contributed by atoms with Crippen LogP contribution in [0.3, 0.4) is 0 Å². The van der Waals surface area contributed by atoms with Crippen LogP contribution in [0.25, 0.3) is 11.3 Å². The van der Waals surface area contributed by atoms with Gasteiger partial charge in [0.05, 0.1) is 6.26 Å². The zero-order valence-corrected chi connectivity index (χ0v) is 10.6. The van der Waals surface area contributed by atoms with E-state index in [1.54, 1.807) is 6.26 Å². The number of anilines is 1. The molecule has 0 unspecified atom stereocenters. The van der Waals surface area contributed by atoms with Gasteiger partial charge in [-0.15, -0.1) is 0 Å². The molecule has 94 valence electrons. The lowest BCUT2D eigenvalue weighted by atomic mass is 10.1. The second kappa shape index (κ2) is 5.30. The Kier molecular flexibility index (Phi) is 3.35. The highest BCUT2D eigenvalue weighted by Crippen LogP contribution is 2.25. The van der Waals surface area contributed by atoms with Gasteiger partial charge in [-0.25, -0.2) is 0 Å². The van der Waals surface area contributed by atoms with Gasteiger partial charge in [-0.1, -0.05) is 12.8 Å². The maximum Gasteiger partial charge on any atom is 0.133 e. The maximum atomic E-state index is 5.41. The van der Waals surface area contributed by atoms with E-state index in [1.165, 1.54) is 44.5 Å². The van der Waals surface area contributed by atoms with Crippen molar-refractivity contribution in [2.75, 3.05) is 18.0 Å². The molecule has 3 rings (SSSR count). The lowest BCUT2D eigenvalue weighted by Gasteiger charge is -2.22. The largest absolute Gasteiger partial charge is 0.464 e. The van der Waals surface area contributed by atoms with Crippen LogP contribution in [0.4, 0.5) is 5.69 Å². The topological polar surface area (TPSA) is 16.4 Å². The molecule has 0 N–H and O–H groups in total. The fourth-order valence-corrected chi connectivity index (χ4v) is 2.61. The van der Waals surface area contributed by atoms with Crippen molar-refractivity contribution >= 4 is 5.69 Å². The van der Waals surface area contributed by atoms with E-state index in [2.05, 4.69) is 29.2 Å². The Bertz CT molecular complexity index is 464. The number of furan rings is 1. The van der Waals surface area contributed by atoms with E-state index >= 15 is 0 Å². The summed E-state index contributed by atoms with van der Waals surface area (Å²) >= 11 is 0. The van der Waals surface area contributed by atoms with Crippen molar-refractivity contribution in [3.8, 4) is 11.3 Å². The second-order valence-corrected chi connectivity index (χ2v) is 4.93. The van der Waals surface area contributed by atoms with Gasteiger partial charge in [0.15, 0.2) is 0 Å². The SMILES string of the molecule is c1coc(-c2ccc(N3CCCCCC3)cc2)c1. The van der Waals surface area contributed by atoms with Crippen LogP contribution in [0.1, 0.15) is 25.7 Å². The smallest absolute Gasteiger partial charge is 0.133 e. The maximum absolute atomic E-state index is 5.41. The third kappa shape index (κ3) is 2.42. The highest BCUT2D eigenvalue weighted by atomic mass is 16.3. The molecule has 0 aliphatic carbocycles. The fraction of sp³-hybridized carbons (Fsp3) is 0.375. The van der Waals surface area contributed by atoms with Crippen molar-refractivity contribution < 1.29 is 4.42 Å². The molecule has 2 heterocycles. The zero-order valence-electron chi connectivity index (χ0n) is 10.6. The summed E-state index contributed by atoms with van der Waals surface area (Å²) < 4.78 is 5.41. The van der Waals surface area contributed by atoms with Crippen LogP contribution in [0.15, 0.2) is 47.1 Å². The first kappa shape index (κ1) is 11.4. The second-order valence-electron chi connectivity index (χ2n) is 4.93. The molecule has 0 saturated carbocycles. The Balaban J connectivity index is 1.78. The van der Waals surface area contributed by atoms with E-state index in [-0.39, 0.29) is 0 Å². The molecule has 1 fully saturated rings. The van der Waals surface area contributed by atoms with Gasteiger partial charge in [0.25, 0.3) is 0 Å². The van der Waals surface area contributed by atoms with E-state index < -0.39 is 0 Å². The van der Waals surface area contributed by atoms with Crippen molar-refractivity contribution in [3.63, 3.8) is 0 Å². The number of hydrogen-bond donors (Lipinski definition) is 0. The van der Waals surface area contributed by atoms with Crippen LogP contribution >= 0.6 is 0 Å². The van der Waals surface area contributed by atoms with Gasteiger partial charge in [-0.3, -0.25) is 0 Å². The minimum atomic E-state index is 0.942. The average Bonchev–Trinajstić information content (AvgIpc) is 2.82. The molecule has 1 aromatic carbocycles. The lowest BCUT2D eigenvalue weighted by molar-refractivity contribution is 0.582. The van der Waals surface area contributed by atoms with Gasteiger partial charge in [0.1, 0.15) is 5.76 Å². The van der Waals surface area contributed by atoms with Gasteiger partial charge in [-0.2, -0.15) is 0 Å². The van der Waals surface area contributed by atoms with Gasteiger partial charge in [-0.05, 0) is 49.2 Å². The Morgan fingerprint density at radius 1 is 0.833 bits per heavy atom. The van der Waals surface area contributed by atoms with E-state index in [0.29, 0.717) is 0 Å². The zero-order chi connectivity index (χ0) is 12.2. The summed E-state index contributed by atoms with van der Waals surface area (Å²) in [4.78, 5) is 2.50. The average molecular weight is 241 g/mol. The molecule has 0 amide bonds. The third-order valence-electron chi connectivity index (χ3n) is 3.64. The lowest BCUT2D eigenvalue weighted by Crippen LogP contribution is -2.23. The first-order valence-corrected chi connectivity index (χ1v) is 6.82. The molecule has 0 atom stereocenters. The molecule has 1 saturated heterocycles. The van der Waals surface area contributed by atoms with Crippen molar-refractivity contribution in [3.05, 3.63) is 42.7 Å². The first-order valence-electron chi connectivity index (χ1n) is 6.82. The predicted molar refractivity (Wildman–Crippen MR) is 74.8 cm³/mol. The van der Waals surface area contributed by atoms with Crippen LogP contribution in [-0.2, 0) is 0 Å². The predicted octanol–water partition coefficient (Wildman–Crippen LogP) is 4.33. The number of nitrogens with zero attached hydrogens (tertiary/aromatic N) is 1. The summed E-state index contributed by atoms with van der Waals surface area (Å²) in [5.41, 5.74) is 2.49. The standard InChI is InChI=1S/C16H19NO/c1-2-4-12-17(11-3-1)15-9-7-14(8-10-15)16-6-5-13-18-16/h5-10,13H,1-4,11-12H2. The first-order chi connectivity index (χ1) is 8.93. The summed E-state index contributed by atoms with van der Waals surface area (Å²) in [6, 6.07) is 12.7.